The molecule has 5 heteroatoms. The number of piperidine rings is 1. The summed E-state index contributed by atoms with van der Waals surface area (Å²) in [6, 6.07) is 7.71. The molecule has 1 aromatic carbocycles. The molecule has 1 saturated carbocycles. The van der Waals surface area contributed by atoms with Gasteiger partial charge in [0.05, 0.1) is 13.0 Å². The van der Waals surface area contributed by atoms with E-state index in [0.29, 0.717) is 25.4 Å². The van der Waals surface area contributed by atoms with Crippen LogP contribution in [0.4, 0.5) is 4.39 Å². The average Bonchev–Trinajstić information content (AvgIpc) is 3.39. The number of benzene rings is 1. The molecule has 1 atom stereocenters. The van der Waals surface area contributed by atoms with Crippen LogP contribution >= 0.6 is 0 Å². The second kappa shape index (κ2) is 6.91. The van der Waals surface area contributed by atoms with Crippen LogP contribution in [-0.4, -0.2) is 42.0 Å². The number of hydrogen-bond donors (Lipinski definition) is 1. The van der Waals surface area contributed by atoms with Gasteiger partial charge in [0, 0.05) is 13.1 Å². The Morgan fingerprint density at radius 2 is 2.08 bits per heavy atom. The number of aryl methyl sites for hydroxylation is 1. The molecular weight excluding hydrogens is 307 g/mol. The van der Waals surface area contributed by atoms with Gasteiger partial charge in [0.25, 0.3) is 5.91 Å². The van der Waals surface area contributed by atoms with Crippen molar-refractivity contribution in [3.8, 4) is 0 Å². The summed E-state index contributed by atoms with van der Waals surface area (Å²) in [6.07, 6.45) is 3.19. The third-order valence-corrected chi connectivity index (χ3v) is 5.05. The van der Waals surface area contributed by atoms with Crippen LogP contribution < -0.4 is 5.32 Å². The van der Waals surface area contributed by atoms with Crippen molar-refractivity contribution in [2.75, 3.05) is 19.6 Å². The summed E-state index contributed by atoms with van der Waals surface area (Å²) in [5, 5.41) is 2.72. The number of rotatable bonds is 5. The van der Waals surface area contributed by atoms with E-state index >= 15 is 4.39 Å². The topological polar surface area (TPSA) is 49.4 Å². The average molecular weight is 332 g/mol. The summed E-state index contributed by atoms with van der Waals surface area (Å²) < 4.78 is 15.1. The second-order valence-corrected chi connectivity index (χ2v) is 7.14. The first-order valence-corrected chi connectivity index (χ1v) is 8.77. The Labute approximate surface area is 142 Å². The number of halogens is 1. The molecule has 0 bridgehead atoms. The van der Waals surface area contributed by atoms with Gasteiger partial charge in [-0.25, -0.2) is 4.39 Å². The first-order chi connectivity index (χ1) is 11.5. The standard InChI is InChI=1S/C19H25FN2O2/c1-14-5-2-3-6-16(14)11-17(23)22-10-4-9-19(20,13-22)18(24)21-12-15-7-8-15/h2-3,5-6,15H,4,7-13H2,1H3,(H,21,24). The van der Waals surface area contributed by atoms with Gasteiger partial charge in [-0.15, -0.1) is 0 Å². The van der Waals surface area contributed by atoms with Crippen LogP contribution in [-0.2, 0) is 16.0 Å². The highest BCUT2D eigenvalue weighted by Crippen LogP contribution is 2.29. The zero-order valence-electron chi connectivity index (χ0n) is 14.2. The number of nitrogens with zero attached hydrogens (tertiary/aromatic N) is 1. The van der Waals surface area contributed by atoms with Crippen molar-refractivity contribution in [1.29, 1.82) is 0 Å². The lowest BCUT2D eigenvalue weighted by Gasteiger charge is -2.36. The van der Waals surface area contributed by atoms with E-state index in [1.807, 2.05) is 31.2 Å². The summed E-state index contributed by atoms with van der Waals surface area (Å²) in [7, 11) is 0. The first kappa shape index (κ1) is 16.9. The van der Waals surface area contributed by atoms with Gasteiger partial charge >= 0.3 is 0 Å². The predicted octanol–water partition coefficient (Wildman–Crippen LogP) is 2.39. The van der Waals surface area contributed by atoms with Crippen molar-refractivity contribution >= 4 is 11.8 Å². The Balaban J connectivity index is 1.60. The minimum Gasteiger partial charge on any atom is -0.353 e. The Kier molecular flexibility index (Phi) is 4.88. The maximum absolute atomic E-state index is 15.1. The Hall–Kier alpha value is -1.91. The third-order valence-electron chi connectivity index (χ3n) is 5.05. The molecule has 0 radical (unpaired) electrons. The molecule has 1 saturated heterocycles. The molecule has 4 nitrogen and oxygen atoms in total. The SMILES string of the molecule is Cc1ccccc1CC(=O)N1CCCC(F)(C(=O)NCC2CC2)C1. The van der Waals surface area contributed by atoms with E-state index in [4.69, 9.17) is 0 Å². The van der Waals surface area contributed by atoms with Gasteiger partial charge in [0.2, 0.25) is 11.6 Å². The van der Waals surface area contributed by atoms with Crippen LogP contribution in [0.3, 0.4) is 0 Å². The van der Waals surface area contributed by atoms with Crippen molar-refractivity contribution in [3.05, 3.63) is 35.4 Å². The van der Waals surface area contributed by atoms with Crippen LogP contribution in [0.15, 0.2) is 24.3 Å². The highest BCUT2D eigenvalue weighted by molar-refractivity contribution is 5.87. The molecule has 0 spiro atoms. The number of carbonyl (C=O) groups excluding carboxylic acids is 2. The number of carbonyl (C=O) groups is 2. The molecule has 1 aliphatic carbocycles. The number of hydrogen-bond acceptors (Lipinski definition) is 2. The molecule has 3 rings (SSSR count). The predicted molar refractivity (Wildman–Crippen MR) is 90.3 cm³/mol. The molecule has 2 amide bonds. The molecule has 130 valence electrons. The van der Waals surface area contributed by atoms with E-state index in [1.54, 1.807) is 0 Å². The zero-order valence-corrected chi connectivity index (χ0v) is 14.2. The van der Waals surface area contributed by atoms with Crippen LogP contribution in [0.25, 0.3) is 0 Å². The van der Waals surface area contributed by atoms with Gasteiger partial charge in [0.1, 0.15) is 0 Å². The van der Waals surface area contributed by atoms with E-state index in [2.05, 4.69) is 5.32 Å². The van der Waals surface area contributed by atoms with Crippen molar-refractivity contribution in [2.45, 2.75) is 44.7 Å². The van der Waals surface area contributed by atoms with Gasteiger partial charge < -0.3 is 10.2 Å². The number of alkyl halides is 1. The summed E-state index contributed by atoms with van der Waals surface area (Å²) in [6.45, 7) is 2.91. The quantitative estimate of drug-likeness (QED) is 0.900. The Bertz CT molecular complexity index is 630. The van der Waals surface area contributed by atoms with Crippen molar-refractivity contribution in [2.24, 2.45) is 5.92 Å². The van der Waals surface area contributed by atoms with E-state index in [-0.39, 0.29) is 25.3 Å². The molecule has 2 aliphatic rings. The number of likely N-dealkylation sites (tertiary alicyclic amines) is 1. The molecule has 2 fully saturated rings. The van der Waals surface area contributed by atoms with E-state index in [9.17, 15) is 9.59 Å². The van der Waals surface area contributed by atoms with Crippen molar-refractivity contribution in [1.82, 2.24) is 10.2 Å². The first-order valence-electron chi connectivity index (χ1n) is 8.77. The fourth-order valence-corrected chi connectivity index (χ4v) is 3.21. The maximum Gasteiger partial charge on any atom is 0.259 e. The fourth-order valence-electron chi connectivity index (χ4n) is 3.21. The van der Waals surface area contributed by atoms with Gasteiger partial charge in [-0.3, -0.25) is 9.59 Å². The lowest BCUT2D eigenvalue weighted by atomic mass is 9.93. The normalized spacial score (nSPS) is 23.8. The third kappa shape index (κ3) is 3.94. The second-order valence-electron chi connectivity index (χ2n) is 7.14. The summed E-state index contributed by atoms with van der Waals surface area (Å²) >= 11 is 0. The molecule has 1 unspecified atom stereocenters. The van der Waals surface area contributed by atoms with E-state index in [1.165, 1.54) is 4.90 Å². The van der Waals surface area contributed by atoms with Gasteiger partial charge in [-0.2, -0.15) is 0 Å². The lowest BCUT2D eigenvalue weighted by molar-refractivity contribution is -0.143. The smallest absolute Gasteiger partial charge is 0.259 e. The Morgan fingerprint density at radius 1 is 1.33 bits per heavy atom. The van der Waals surface area contributed by atoms with E-state index < -0.39 is 11.6 Å². The zero-order chi connectivity index (χ0) is 17.2. The van der Waals surface area contributed by atoms with Gasteiger partial charge in [-0.05, 0) is 49.7 Å². The minimum atomic E-state index is -1.95. The van der Waals surface area contributed by atoms with Gasteiger partial charge in [-0.1, -0.05) is 24.3 Å². The van der Waals surface area contributed by atoms with E-state index in [0.717, 1.165) is 24.0 Å². The fraction of sp³-hybridized carbons (Fsp3) is 0.579. The molecule has 0 aromatic heterocycles. The van der Waals surface area contributed by atoms with Crippen LogP contribution in [0.5, 0.6) is 0 Å². The number of amides is 2. The van der Waals surface area contributed by atoms with Crippen molar-refractivity contribution in [3.63, 3.8) is 0 Å². The Morgan fingerprint density at radius 3 is 2.79 bits per heavy atom. The van der Waals surface area contributed by atoms with Gasteiger partial charge in [0.15, 0.2) is 0 Å². The van der Waals surface area contributed by atoms with Crippen molar-refractivity contribution < 1.29 is 14.0 Å². The van der Waals surface area contributed by atoms with Crippen LogP contribution in [0.1, 0.15) is 36.8 Å². The minimum absolute atomic E-state index is 0.110. The number of nitrogens with one attached hydrogen (secondary N) is 1. The van der Waals surface area contributed by atoms with Crippen LogP contribution in [0.2, 0.25) is 0 Å². The maximum atomic E-state index is 15.1. The largest absolute Gasteiger partial charge is 0.353 e. The summed E-state index contributed by atoms with van der Waals surface area (Å²) in [4.78, 5) is 26.2. The highest BCUT2D eigenvalue weighted by atomic mass is 19.1. The molecular formula is C19H25FN2O2. The molecule has 1 N–H and O–H groups in total. The summed E-state index contributed by atoms with van der Waals surface area (Å²) in [5.74, 6) is -0.149. The van der Waals surface area contributed by atoms with Crippen LogP contribution in [0, 0.1) is 12.8 Å². The summed E-state index contributed by atoms with van der Waals surface area (Å²) in [5.41, 5.74) is 0.0569. The molecule has 1 heterocycles. The molecule has 1 aliphatic heterocycles. The molecule has 24 heavy (non-hydrogen) atoms. The highest BCUT2D eigenvalue weighted by Gasteiger charge is 2.44. The lowest BCUT2D eigenvalue weighted by Crippen LogP contribution is -2.56. The molecule has 1 aromatic rings. The monoisotopic (exact) mass is 332 g/mol.